The van der Waals surface area contributed by atoms with Crippen molar-refractivity contribution in [3.63, 3.8) is 0 Å². The van der Waals surface area contributed by atoms with Gasteiger partial charge in [-0.15, -0.1) is 0 Å². The molecule has 1 N–H and O–H groups in total. The van der Waals surface area contributed by atoms with Gasteiger partial charge in [0.1, 0.15) is 0 Å². The van der Waals surface area contributed by atoms with Gasteiger partial charge in [0.05, 0.1) is 17.8 Å². The van der Waals surface area contributed by atoms with Crippen molar-refractivity contribution in [1.82, 2.24) is 15.2 Å². The molecule has 112 valence electrons. The van der Waals surface area contributed by atoms with E-state index in [1.54, 1.807) is 6.92 Å². The van der Waals surface area contributed by atoms with Crippen molar-refractivity contribution in [2.75, 3.05) is 26.7 Å². The molecule has 2 rings (SSSR count). The molecule has 0 saturated carbocycles. The summed E-state index contributed by atoms with van der Waals surface area (Å²) in [6.45, 7) is 7.96. The molecule has 6 heteroatoms. The maximum absolute atomic E-state index is 12.3. The first kappa shape index (κ1) is 15.0. The summed E-state index contributed by atoms with van der Waals surface area (Å²) < 4.78 is 11.2. The summed E-state index contributed by atoms with van der Waals surface area (Å²) in [5.41, 5.74) is 0.638. The lowest BCUT2D eigenvalue weighted by Gasteiger charge is -2.19. The number of rotatable bonds is 5. The van der Waals surface area contributed by atoms with Crippen molar-refractivity contribution in [3.05, 3.63) is 17.3 Å². The normalized spacial score (nSPS) is 23.2. The number of ether oxygens (including phenoxy) is 1. The second-order valence-corrected chi connectivity index (χ2v) is 5.17. The number of carbonyl (C=O) groups excluding carboxylic acids is 1. The van der Waals surface area contributed by atoms with E-state index in [2.05, 4.69) is 15.2 Å². The highest BCUT2D eigenvalue weighted by Gasteiger charge is 2.33. The molecule has 1 saturated heterocycles. The summed E-state index contributed by atoms with van der Waals surface area (Å²) in [6, 6.07) is -0.0120. The predicted molar refractivity (Wildman–Crippen MR) is 74.8 cm³/mol. The lowest BCUT2D eigenvalue weighted by molar-refractivity contribution is 0.0506. The largest absolute Gasteiger partial charge is 0.435 e. The van der Waals surface area contributed by atoms with Crippen LogP contribution in [0.3, 0.4) is 0 Å². The maximum Gasteiger partial charge on any atom is 0.289 e. The van der Waals surface area contributed by atoms with E-state index >= 15 is 0 Å². The molecule has 2 atom stereocenters. The number of aryl methyl sites for hydroxylation is 2. The van der Waals surface area contributed by atoms with Crippen molar-refractivity contribution in [3.8, 4) is 0 Å². The van der Waals surface area contributed by atoms with Crippen molar-refractivity contribution in [1.29, 1.82) is 0 Å². The minimum atomic E-state index is -0.209. The Bertz CT molecular complexity index is 472. The minimum Gasteiger partial charge on any atom is -0.435 e. The van der Waals surface area contributed by atoms with Crippen LogP contribution < -0.4 is 5.32 Å². The minimum absolute atomic E-state index is 0.0120. The highest BCUT2D eigenvalue weighted by atomic mass is 16.5. The standard InChI is InChI=1S/C14H23N3O3/c1-5-12-15-9(3)13(20-12)14(18)16-10-7-17(4)8-11(10)19-6-2/h10-11H,5-8H2,1-4H3,(H,16,18)/t10-,11-/m0/s1. The molecular formula is C14H23N3O3. The zero-order chi connectivity index (χ0) is 14.7. The molecule has 1 aromatic rings. The fraction of sp³-hybridized carbons (Fsp3) is 0.714. The Kier molecular flexibility index (Phi) is 4.77. The molecule has 1 aliphatic heterocycles. The van der Waals surface area contributed by atoms with E-state index in [4.69, 9.17) is 9.15 Å². The molecule has 0 radical (unpaired) electrons. The first-order valence-electron chi connectivity index (χ1n) is 7.12. The smallest absolute Gasteiger partial charge is 0.289 e. The van der Waals surface area contributed by atoms with Crippen molar-refractivity contribution < 1.29 is 13.9 Å². The molecule has 0 bridgehead atoms. The first-order valence-corrected chi connectivity index (χ1v) is 7.12. The summed E-state index contributed by atoms with van der Waals surface area (Å²) in [5.74, 6) is 0.698. The Hall–Kier alpha value is -1.40. The van der Waals surface area contributed by atoms with Gasteiger partial charge in [-0.25, -0.2) is 4.98 Å². The average molecular weight is 281 g/mol. The van der Waals surface area contributed by atoms with Gasteiger partial charge in [0, 0.05) is 26.1 Å². The number of amides is 1. The zero-order valence-electron chi connectivity index (χ0n) is 12.6. The van der Waals surface area contributed by atoms with Crippen LogP contribution in [-0.2, 0) is 11.2 Å². The van der Waals surface area contributed by atoms with E-state index in [9.17, 15) is 4.79 Å². The van der Waals surface area contributed by atoms with Gasteiger partial charge in [0.2, 0.25) is 5.76 Å². The molecule has 1 aromatic heterocycles. The number of likely N-dealkylation sites (N-methyl/N-ethyl adjacent to an activating group) is 1. The van der Waals surface area contributed by atoms with E-state index < -0.39 is 0 Å². The van der Waals surface area contributed by atoms with E-state index in [0.29, 0.717) is 30.4 Å². The quantitative estimate of drug-likeness (QED) is 0.872. The number of hydrogen-bond donors (Lipinski definition) is 1. The van der Waals surface area contributed by atoms with Gasteiger partial charge in [-0.3, -0.25) is 4.79 Å². The summed E-state index contributed by atoms with van der Waals surface area (Å²) in [6.07, 6.45) is 0.713. The number of aromatic nitrogens is 1. The Morgan fingerprint density at radius 3 is 2.85 bits per heavy atom. The summed E-state index contributed by atoms with van der Waals surface area (Å²) in [5, 5.41) is 3.00. The Morgan fingerprint density at radius 1 is 1.50 bits per heavy atom. The van der Waals surface area contributed by atoms with Crippen LogP contribution in [0.15, 0.2) is 4.42 Å². The number of hydrogen-bond acceptors (Lipinski definition) is 5. The molecule has 1 fully saturated rings. The van der Waals surface area contributed by atoms with Gasteiger partial charge in [0.25, 0.3) is 5.91 Å². The number of oxazole rings is 1. The van der Waals surface area contributed by atoms with E-state index in [-0.39, 0.29) is 18.1 Å². The molecule has 20 heavy (non-hydrogen) atoms. The van der Waals surface area contributed by atoms with Crippen molar-refractivity contribution in [2.45, 2.75) is 39.3 Å². The molecule has 1 aliphatic rings. The van der Waals surface area contributed by atoms with Crippen LogP contribution in [0.1, 0.15) is 36.0 Å². The van der Waals surface area contributed by atoms with Crippen molar-refractivity contribution in [2.24, 2.45) is 0 Å². The van der Waals surface area contributed by atoms with Gasteiger partial charge in [0.15, 0.2) is 5.89 Å². The van der Waals surface area contributed by atoms with Gasteiger partial charge in [-0.2, -0.15) is 0 Å². The highest BCUT2D eigenvalue weighted by Crippen LogP contribution is 2.15. The van der Waals surface area contributed by atoms with Gasteiger partial charge in [-0.1, -0.05) is 6.92 Å². The fourth-order valence-electron chi connectivity index (χ4n) is 2.53. The Balaban J connectivity index is 2.04. The molecule has 0 unspecified atom stereocenters. The van der Waals surface area contributed by atoms with Crippen LogP contribution in [0.2, 0.25) is 0 Å². The van der Waals surface area contributed by atoms with Crippen LogP contribution in [0, 0.1) is 6.92 Å². The molecule has 6 nitrogen and oxygen atoms in total. The molecule has 0 aromatic carbocycles. The third-order valence-corrected chi connectivity index (χ3v) is 3.50. The summed E-state index contributed by atoms with van der Waals surface area (Å²) in [4.78, 5) is 18.7. The fourth-order valence-corrected chi connectivity index (χ4v) is 2.53. The monoisotopic (exact) mass is 281 g/mol. The third-order valence-electron chi connectivity index (χ3n) is 3.50. The molecule has 0 aliphatic carbocycles. The average Bonchev–Trinajstić information content (AvgIpc) is 2.93. The van der Waals surface area contributed by atoms with Crippen LogP contribution in [0.25, 0.3) is 0 Å². The van der Waals surface area contributed by atoms with Crippen molar-refractivity contribution >= 4 is 5.91 Å². The molecule has 2 heterocycles. The predicted octanol–water partition coefficient (Wildman–Crippen LogP) is 0.994. The number of nitrogens with one attached hydrogen (secondary N) is 1. The van der Waals surface area contributed by atoms with Crippen LogP contribution >= 0.6 is 0 Å². The highest BCUT2D eigenvalue weighted by molar-refractivity contribution is 5.92. The third kappa shape index (κ3) is 3.19. The molecule has 0 spiro atoms. The Morgan fingerprint density at radius 2 is 2.25 bits per heavy atom. The van der Waals surface area contributed by atoms with Crippen LogP contribution in [0.4, 0.5) is 0 Å². The topological polar surface area (TPSA) is 67.6 Å². The number of nitrogens with zero attached hydrogens (tertiary/aromatic N) is 2. The second-order valence-electron chi connectivity index (χ2n) is 5.17. The van der Waals surface area contributed by atoms with Gasteiger partial charge in [-0.05, 0) is 20.9 Å². The summed E-state index contributed by atoms with van der Waals surface area (Å²) >= 11 is 0. The number of carbonyl (C=O) groups is 1. The van der Waals surface area contributed by atoms with E-state index in [1.165, 1.54) is 0 Å². The second kappa shape index (κ2) is 6.37. The molecule has 1 amide bonds. The van der Waals surface area contributed by atoms with E-state index in [0.717, 1.165) is 13.1 Å². The van der Waals surface area contributed by atoms with Gasteiger partial charge < -0.3 is 19.4 Å². The zero-order valence-corrected chi connectivity index (χ0v) is 12.6. The van der Waals surface area contributed by atoms with Gasteiger partial charge >= 0.3 is 0 Å². The molecular weight excluding hydrogens is 258 g/mol. The van der Waals surface area contributed by atoms with Crippen LogP contribution in [-0.4, -0.2) is 54.7 Å². The maximum atomic E-state index is 12.3. The first-order chi connectivity index (χ1) is 9.55. The lowest BCUT2D eigenvalue weighted by atomic mass is 10.2. The SMILES string of the molecule is CCO[C@H]1CN(C)C[C@@H]1NC(=O)c1oc(CC)nc1C. The Labute approximate surface area is 119 Å². The lowest BCUT2D eigenvalue weighted by Crippen LogP contribution is -2.44. The number of likely N-dealkylation sites (tertiary alicyclic amines) is 1. The summed E-state index contributed by atoms with van der Waals surface area (Å²) in [7, 11) is 2.02. The van der Waals surface area contributed by atoms with E-state index in [1.807, 2.05) is 20.9 Å². The van der Waals surface area contributed by atoms with Crippen LogP contribution in [0.5, 0.6) is 0 Å².